The van der Waals surface area contributed by atoms with Gasteiger partial charge in [-0.2, -0.15) is 22.8 Å². The molecule has 1 N–H and O–H groups in total. The minimum atomic E-state index is -4.52. The molecule has 0 spiro atoms. The van der Waals surface area contributed by atoms with Crippen LogP contribution in [0.4, 0.5) is 13.2 Å². The van der Waals surface area contributed by atoms with Crippen molar-refractivity contribution in [1.29, 1.82) is 0 Å². The molecule has 29 heavy (non-hydrogen) atoms. The number of hydrogen-bond acceptors (Lipinski definition) is 7. The number of rotatable bonds is 3. The van der Waals surface area contributed by atoms with Gasteiger partial charge in [0.25, 0.3) is 5.56 Å². The summed E-state index contributed by atoms with van der Waals surface area (Å²) in [5, 5.41) is 3.94. The first kappa shape index (κ1) is 18.4. The number of carbonyl (C=O) groups is 1. The fraction of sp³-hybridized carbons (Fsp3) is 0.118. The van der Waals surface area contributed by atoms with Crippen LogP contribution in [0, 0.1) is 0 Å². The molecule has 9 nitrogen and oxygen atoms in total. The van der Waals surface area contributed by atoms with Crippen LogP contribution in [0.15, 0.2) is 46.0 Å². The van der Waals surface area contributed by atoms with Crippen molar-refractivity contribution in [2.24, 2.45) is 0 Å². The standard InChI is InChI=1S/C17H10F3N5O4/c1-28-16(27)12-7-22-15(29-12)9-6-23-25-13(26)4-11(24-14(9)25)10-3-2-8(5-21-10)17(18,19)20/h2-7,24H,1H3. The molecule has 0 fully saturated rings. The van der Waals surface area contributed by atoms with Crippen molar-refractivity contribution in [1.82, 2.24) is 24.6 Å². The summed E-state index contributed by atoms with van der Waals surface area (Å²) in [6.07, 6.45) is -1.40. The number of hydrogen-bond donors (Lipinski definition) is 1. The van der Waals surface area contributed by atoms with E-state index in [1.54, 1.807) is 0 Å². The van der Waals surface area contributed by atoms with E-state index in [1.807, 2.05) is 0 Å². The number of H-pyrrole nitrogens is 1. The lowest BCUT2D eigenvalue weighted by molar-refractivity contribution is -0.137. The van der Waals surface area contributed by atoms with Crippen LogP contribution in [0.3, 0.4) is 0 Å². The molecule has 4 rings (SSSR count). The maximum Gasteiger partial charge on any atom is 0.417 e. The number of alkyl halides is 3. The highest BCUT2D eigenvalue weighted by Crippen LogP contribution is 2.30. The molecular formula is C17H10F3N5O4. The highest BCUT2D eigenvalue weighted by Gasteiger charge is 2.30. The Hall–Kier alpha value is -3.96. The second-order valence-electron chi connectivity index (χ2n) is 5.79. The number of aromatic amines is 1. The molecule has 0 saturated carbocycles. The van der Waals surface area contributed by atoms with Gasteiger partial charge in [-0.05, 0) is 12.1 Å². The molecule has 148 valence electrons. The number of halogens is 3. The molecule has 12 heteroatoms. The normalized spacial score (nSPS) is 11.7. The third-order valence-electron chi connectivity index (χ3n) is 3.99. The number of methoxy groups -OCH3 is 1. The average molecular weight is 405 g/mol. The molecule has 0 aliphatic heterocycles. The van der Waals surface area contributed by atoms with Gasteiger partial charge >= 0.3 is 12.1 Å². The quantitative estimate of drug-likeness (QED) is 0.521. The Bertz CT molecular complexity index is 1270. The third-order valence-corrected chi connectivity index (χ3v) is 3.99. The number of nitrogens with one attached hydrogen (secondary N) is 1. The molecule has 0 amide bonds. The molecule has 4 aromatic rings. The van der Waals surface area contributed by atoms with Crippen LogP contribution in [-0.4, -0.2) is 37.6 Å². The molecule has 0 unspecified atom stereocenters. The van der Waals surface area contributed by atoms with Crippen molar-refractivity contribution in [3.8, 4) is 22.8 Å². The van der Waals surface area contributed by atoms with Crippen LogP contribution in [0.25, 0.3) is 28.5 Å². The van der Waals surface area contributed by atoms with E-state index in [9.17, 15) is 22.8 Å². The summed E-state index contributed by atoms with van der Waals surface area (Å²) in [7, 11) is 1.18. The fourth-order valence-corrected chi connectivity index (χ4v) is 2.59. The number of ether oxygens (including phenoxy) is 1. The first-order valence-electron chi connectivity index (χ1n) is 7.97. The summed E-state index contributed by atoms with van der Waals surface area (Å²) < 4.78 is 49.0. The molecular weight excluding hydrogens is 395 g/mol. The van der Waals surface area contributed by atoms with E-state index in [-0.39, 0.29) is 34.2 Å². The van der Waals surface area contributed by atoms with Crippen molar-refractivity contribution in [2.45, 2.75) is 6.18 Å². The Morgan fingerprint density at radius 1 is 1.21 bits per heavy atom. The first-order chi connectivity index (χ1) is 13.8. The number of oxazole rings is 1. The Kier molecular flexibility index (Phi) is 4.18. The van der Waals surface area contributed by atoms with Crippen molar-refractivity contribution < 1.29 is 27.1 Å². The summed E-state index contributed by atoms with van der Waals surface area (Å²) in [5.74, 6) is -0.887. The third kappa shape index (κ3) is 3.24. The zero-order valence-corrected chi connectivity index (χ0v) is 14.5. The summed E-state index contributed by atoms with van der Waals surface area (Å²) in [6.45, 7) is 0. The summed E-state index contributed by atoms with van der Waals surface area (Å²) in [4.78, 5) is 34.5. The van der Waals surface area contributed by atoms with E-state index in [1.165, 1.54) is 13.3 Å². The zero-order chi connectivity index (χ0) is 20.8. The zero-order valence-electron chi connectivity index (χ0n) is 14.5. The van der Waals surface area contributed by atoms with E-state index in [0.717, 1.165) is 28.9 Å². The van der Waals surface area contributed by atoms with Crippen molar-refractivity contribution >= 4 is 11.6 Å². The Morgan fingerprint density at radius 2 is 2.00 bits per heavy atom. The summed E-state index contributed by atoms with van der Waals surface area (Å²) >= 11 is 0. The van der Waals surface area contributed by atoms with E-state index < -0.39 is 23.3 Å². The molecule has 0 radical (unpaired) electrons. The van der Waals surface area contributed by atoms with Gasteiger partial charge in [-0.1, -0.05) is 0 Å². The average Bonchev–Trinajstić information content (AvgIpc) is 3.34. The van der Waals surface area contributed by atoms with Gasteiger partial charge in [0.05, 0.1) is 36.5 Å². The lowest BCUT2D eigenvalue weighted by atomic mass is 10.2. The lowest BCUT2D eigenvalue weighted by Gasteiger charge is -2.07. The fourth-order valence-electron chi connectivity index (χ4n) is 2.59. The lowest BCUT2D eigenvalue weighted by Crippen LogP contribution is -2.14. The molecule has 0 aliphatic carbocycles. The topological polar surface area (TPSA) is 115 Å². The van der Waals surface area contributed by atoms with Crippen molar-refractivity contribution in [3.05, 3.63) is 58.5 Å². The monoisotopic (exact) mass is 405 g/mol. The Labute approximate surface area is 158 Å². The molecule has 4 heterocycles. The van der Waals surface area contributed by atoms with Gasteiger partial charge in [0.1, 0.15) is 5.56 Å². The van der Waals surface area contributed by atoms with Crippen LogP contribution in [0.2, 0.25) is 0 Å². The van der Waals surface area contributed by atoms with E-state index in [0.29, 0.717) is 6.20 Å². The predicted octanol–water partition coefficient (Wildman–Crippen LogP) is 2.54. The SMILES string of the molecule is COC(=O)c1cnc(-c2cnn3c(=O)cc(-c4ccc(C(F)(F)F)cn4)[nH]c23)o1. The molecule has 0 saturated heterocycles. The maximum atomic E-state index is 12.7. The van der Waals surface area contributed by atoms with E-state index in [4.69, 9.17) is 4.42 Å². The van der Waals surface area contributed by atoms with Crippen LogP contribution in [0.1, 0.15) is 16.1 Å². The van der Waals surface area contributed by atoms with E-state index >= 15 is 0 Å². The molecule has 0 aliphatic rings. The minimum Gasteiger partial charge on any atom is -0.463 e. The number of fused-ring (bicyclic) bond motifs is 1. The second kappa shape index (κ2) is 6.58. The van der Waals surface area contributed by atoms with Crippen molar-refractivity contribution in [2.75, 3.05) is 7.11 Å². The second-order valence-corrected chi connectivity index (χ2v) is 5.79. The highest BCUT2D eigenvalue weighted by molar-refractivity contribution is 5.86. The van der Waals surface area contributed by atoms with Gasteiger partial charge in [0, 0.05) is 12.3 Å². The number of carbonyl (C=O) groups excluding carboxylic acids is 1. The molecule has 4 aromatic heterocycles. The van der Waals surface area contributed by atoms with Crippen LogP contribution in [-0.2, 0) is 10.9 Å². The summed E-state index contributed by atoms with van der Waals surface area (Å²) in [5.41, 5.74) is -0.769. The molecule has 0 aromatic carbocycles. The first-order valence-corrected chi connectivity index (χ1v) is 7.97. The predicted molar refractivity (Wildman–Crippen MR) is 90.9 cm³/mol. The van der Waals surface area contributed by atoms with Gasteiger partial charge in [-0.15, -0.1) is 0 Å². The van der Waals surface area contributed by atoms with Gasteiger partial charge in [0.2, 0.25) is 11.7 Å². The molecule has 0 bridgehead atoms. The number of pyridine rings is 1. The van der Waals surface area contributed by atoms with Crippen LogP contribution in [0.5, 0.6) is 0 Å². The number of esters is 1. The summed E-state index contributed by atoms with van der Waals surface area (Å²) in [6, 6.07) is 3.15. The highest BCUT2D eigenvalue weighted by atomic mass is 19.4. The Morgan fingerprint density at radius 3 is 2.66 bits per heavy atom. The largest absolute Gasteiger partial charge is 0.463 e. The minimum absolute atomic E-state index is 0.00595. The van der Waals surface area contributed by atoms with Crippen LogP contribution >= 0.6 is 0 Å². The van der Waals surface area contributed by atoms with Gasteiger partial charge in [0.15, 0.2) is 5.65 Å². The van der Waals surface area contributed by atoms with Gasteiger partial charge < -0.3 is 14.1 Å². The molecule has 0 atom stereocenters. The van der Waals surface area contributed by atoms with Crippen molar-refractivity contribution in [3.63, 3.8) is 0 Å². The van der Waals surface area contributed by atoms with Gasteiger partial charge in [-0.3, -0.25) is 9.78 Å². The van der Waals surface area contributed by atoms with Crippen LogP contribution < -0.4 is 5.56 Å². The van der Waals surface area contributed by atoms with Gasteiger partial charge in [-0.25, -0.2) is 9.78 Å². The van der Waals surface area contributed by atoms with E-state index in [2.05, 4.69) is 24.8 Å². The maximum absolute atomic E-state index is 12.7. The number of aromatic nitrogens is 5. The number of nitrogens with zero attached hydrogens (tertiary/aromatic N) is 4. The Balaban J connectivity index is 1.80. The smallest absolute Gasteiger partial charge is 0.417 e.